The van der Waals surface area contributed by atoms with Gasteiger partial charge < -0.3 is 5.21 Å². The number of rotatable bonds is 0. The van der Waals surface area contributed by atoms with Crippen molar-refractivity contribution in [2.24, 2.45) is 0 Å². The molecule has 0 atom stereocenters. The lowest BCUT2D eigenvalue weighted by Gasteiger charge is -2.02. The van der Waals surface area contributed by atoms with Crippen LogP contribution in [0.2, 0.25) is 0 Å². The fourth-order valence-corrected chi connectivity index (χ4v) is 1.42. The zero-order valence-electron chi connectivity index (χ0n) is 6.82. The van der Waals surface area contributed by atoms with Gasteiger partial charge in [0.15, 0.2) is 6.20 Å². The molecule has 0 aliphatic rings. The van der Waals surface area contributed by atoms with Crippen LogP contribution >= 0.6 is 0 Å². The molecule has 2 rings (SSSR count). The Bertz CT molecular complexity index is 386. The molecule has 0 N–H and O–H groups in total. The number of aryl methyl sites for hydroxylation is 1. The van der Waals surface area contributed by atoms with Crippen molar-refractivity contribution >= 4 is 10.9 Å². The average Bonchev–Trinajstić information content (AvgIpc) is 2.04. The van der Waals surface area contributed by atoms with E-state index in [4.69, 9.17) is 0 Å². The van der Waals surface area contributed by atoms with E-state index in [-0.39, 0.29) is 0 Å². The monoisotopic (exact) mass is 159 g/mol. The molecule has 0 aliphatic carbocycles. The predicted molar refractivity (Wildman–Crippen MR) is 47.6 cm³/mol. The first-order chi connectivity index (χ1) is 5.79. The molecule has 2 nitrogen and oxygen atoms in total. The highest BCUT2D eigenvalue weighted by Gasteiger charge is 2.03. The Hall–Kier alpha value is -1.57. The van der Waals surface area contributed by atoms with Gasteiger partial charge in [-0.1, -0.05) is 12.1 Å². The van der Waals surface area contributed by atoms with Crippen LogP contribution in [0, 0.1) is 12.1 Å². The molecular formula is C10H9NO. The minimum atomic E-state index is 0.764. The van der Waals surface area contributed by atoms with Crippen molar-refractivity contribution in [2.45, 2.75) is 6.92 Å². The summed E-state index contributed by atoms with van der Waals surface area (Å²) in [6.07, 6.45) is 1.52. The van der Waals surface area contributed by atoms with Crippen LogP contribution in [0.5, 0.6) is 0 Å². The summed E-state index contributed by atoms with van der Waals surface area (Å²) in [5, 5.41) is 12.3. The maximum Gasteiger partial charge on any atom is 0.226 e. The van der Waals surface area contributed by atoms with Gasteiger partial charge in [-0.25, -0.2) is 0 Å². The number of nitrogens with zero attached hydrogens (tertiary/aromatic N) is 1. The van der Waals surface area contributed by atoms with E-state index in [2.05, 4.69) is 0 Å². The van der Waals surface area contributed by atoms with Gasteiger partial charge in [0.1, 0.15) is 0 Å². The highest BCUT2D eigenvalue weighted by atomic mass is 16.5. The van der Waals surface area contributed by atoms with Gasteiger partial charge in [-0.3, -0.25) is 0 Å². The van der Waals surface area contributed by atoms with Crippen molar-refractivity contribution in [2.75, 3.05) is 0 Å². The number of hydrogen-bond acceptors (Lipinski definition) is 1. The zero-order chi connectivity index (χ0) is 8.55. The Labute approximate surface area is 70.7 Å². The Kier molecular flexibility index (Phi) is 1.47. The topological polar surface area (TPSA) is 26.9 Å². The van der Waals surface area contributed by atoms with E-state index in [0.717, 1.165) is 21.2 Å². The van der Waals surface area contributed by atoms with Gasteiger partial charge in [0.2, 0.25) is 5.52 Å². The average molecular weight is 159 g/mol. The van der Waals surface area contributed by atoms with E-state index in [1.54, 1.807) is 6.07 Å². The number of fused-ring (bicyclic) bond motifs is 1. The van der Waals surface area contributed by atoms with Gasteiger partial charge in [-0.2, -0.15) is 4.73 Å². The summed E-state index contributed by atoms with van der Waals surface area (Å²) >= 11 is 0. The summed E-state index contributed by atoms with van der Waals surface area (Å²) in [4.78, 5) is 0. The van der Waals surface area contributed by atoms with Crippen LogP contribution in [0.1, 0.15) is 5.56 Å². The van der Waals surface area contributed by atoms with Crippen molar-refractivity contribution in [1.82, 2.24) is 0 Å². The molecule has 0 saturated carbocycles. The first-order valence-electron chi connectivity index (χ1n) is 3.86. The molecule has 2 aromatic rings. The van der Waals surface area contributed by atoms with Crippen LogP contribution in [0.4, 0.5) is 0 Å². The van der Waals surface area contributed by atoms with Crippen LogP contribution in [0.25, 0.3) is 10.9 Å². The SMILES string of the molecule is Cc1cccc2ccc[n+]([O-])c12. The van der Waals surface area contributed by atoms with E-state index in [9.17, 15) is 5.21 Å². The molecule has 0 bridgehead atoms. The summed E-state index contributed by atoms with van der Waals surface area (Å²) in [6.45, 7) is 1.94. The van der Waals surface area contributed by atoms with Crippen molar-refractivity contribution < 1.29 is 4.73 Å². The minimum absolute atomic E-state index is 0.764. The van der Waals surface area contributed by atoms with Crippen molar-refractivity contribution in [1.29, 1.82) is 0 Å². The molecule has 0 unspecified atom stereocenters. The molecule has 1 aromatic heterocycles. The van der Waals surface area contributed by atoms with Crippen LogP contribution in [0.15, 0.2) is 36.5 Å². The van der Waals surface area contributed by atoms with E-state index < -0.39 is 0 Å². The summed E-state index contributed by atoms with van der Waals surface area (Å²) in [6, 6.07) is 9.54. The van der Waals surface area contributed by atoms with E-state index in [1.165, 1.54) is 6.20 Å². The van der Waals surface area contributed by atoms with E-state index in [0.29, 0.717) is 0 Å². The van der Waals surface area contributed by atoms with Crippen LogP contribution in [-0.4, -0.2) is 0 Å². The van der Waals surface area contributed by atoms with Crippen LogP contribution in [-0.2, 0) is 0 Å². The number of hydrogen-bond donors (Lipinski definition) is 0. The molecule has 0 spiro atoms. The van der Waals surface area contributed by atoms with E-state index in [1.807, 2.05) is 31.2 Å². The lowest BCUT2D eigenvalue weighted by atomic mass is 10.1. The van der Waals surface area contributed by atoms with Gasteiger partial charge in [-0.05, 0) is 19.1 Å². The van der Waals surface area contributed by atoms with Crippen molar-refractivity contribution in [3.8, 4) is 0 Å². The Morgan fingerprint density at radius 2 is 1.92 bits per heavy atom. The minimum Gasteiger partial charge on any atom is -0.618 e. The normalized spacial score (nSPS) is 10.4. The molecule has 1 heterocycles. The molecule has 1 aromatic carbocycles. The molecular weight excluding hydrogens is 150 g/mol. The van der Waals surface area contributed by atoms with Gasteiger partial charge >= 0.3 is 0 Å². The Balaban J connectivity index is 2.96. The maximum atomic E-state index is 11.3. The predicted octanol–water partition coefficient (Wildman–Crippen LogP) is 1.78. The second-order valence-electron chi connectivity index (χ2n) is 2.85. The largest absolute Gasteiger partial charge is 0.618 e. The van der Waals surface area contributed by atoms with Gasteiger partial charge in [-0.15, -0.1) is 0 Å². The second kappa shape index (κ2) is 2.48. The summed E-state index contributed by atoms with van der Waals surface area (Å²) < 4.78 is 0.907. The molecule has 0 saturated heterocycles. The third-order valence-electron chi connectivity index (χ3n) is 1.99. The summed E-state index contributed by atoms with van der Waals surface area (Å²) in [7, 11) is 0. The summed E-state index contributed by atoms with van der Waals surface area (Å²) in [5.74, 6) is 0. The second-order valence-corrected chi connectivity index (χ2v) is 2.85. The van der Waals surface area contributed by atoms with Gasteiger partial charge in [0.25, 0.3) is 0 Å². The number of pyridine rings is 1. The van der Waals surface area contributed by atoms with Gasteiger partial charge in [0, 0.05) is 17.0 Å². The molecule has 60 valence electrons. The standard InChI is InChI=1S/C10H9NO/c1-8-4-2-5-9-6-3-7-11(12)10(8)9/h2-7H,1H3. The molecule has 0 amide bonds. The first kappa shape index (κ1) is 7.10. The molecule has 0 fully saturated rings. The molecule has 2 heteroatoms. The van der Waals surface area contributed by atoms with Crippen LogP contribution in [0.3, 0.4) is 0 Å². The Morgan fingerprint density at radius 3 is 2.67 bits per heavy atom. The number of para-hydroxylation sites is 1. The Morgan fingerprint density at radius 1 is 1.17 bits per heavy atom. The van der Waals surface area contributed by atoms with Crippen molar-refractivity contribution in [3.05, 3.63) is 47.3 Å². The molecule has 12 heavy (non-hydrogen) atoms. The van der Waals surface area contributed by atoms with E-state index >= 15 is 0 Å². The van der Waals surface area contributed by atoms with Crippen molar-refractivity contribution in [3.63, 3.8) is 0 Å². The maximum absolute atomic E-state index is 11.3. The first-order valence-corrected chi connectivity index (χ1v) is 3.86. The highest BCUT2D eigenvalue weighted by Crippen LogP contribution is 2.12. The fraction of sp³-hybridized carbons (Fsp3) is 0.100. The smallest absolute Gasteiger partial charge is 0.226 e. The van der Waals surface area contributed by atoms with Gasteiger partial charge in [0.05, 0.1) is 0 Å². The fourth-order valence-electron chi connectivity index (χ4n) is 1.42. The summed E-state index contributed by atoms with van der Waals surface area (Å²) in [5.41, 5.74) is 1.78. The van der Waals surface area contributed by atoms with Crippen LogP contribution < -0.4 is 4.73 Å². The molecule has 0 radical (unpaired) electrons. The zero-order valence-corrected chi connectivity index (χ0v) is 6.82. The third kappa shape index (κ3) is 0.925. The number of aromatic nitrogens is 1. The molecule has 0 aliphatic heterocycles. The lowest BCUT2D eigenvalue weighted by molar-refractivity contribution is -0.577. The highest BCUT2D eigenvalue weighted by molar-refractivity contribution is 5.78. The lowest BCUT2D eigenvalue weighted by Crippen LogP contribution is -2.26. The quantitative estimate of drug-likeness (QED) is 0.425. The number of benzene rings is 1. The third-order valence-corrected chi connectivity index (χ3v) is 1.99.